The van der Waals surface area contributed by atoms with Gasteiger partial charge in [0.1, 0.15) is 11.6 Å². The zero-order valence-electron chi connectivity index (χ0n) is 13.3. The number of rotatable bonds is 3. The molecule has 1 aliphatic rings. The predicted molar refractivity (Wildman–Crippen MR) is 86.7 cm³/mol. The first kappa shape index (κ1) is 16.4. The number of benzene rings is 1. The molecule has 24 heavy (non-hydrogen) atoms. The molecule has 2 heterocycles. The molecule has 3 rings (SSSR count). The zero-order chi connectivity index (χ0) is 17.2. The number of para-hydroxylation sites is 2. The van der Waals surface area contributed by atoms with Crippen molar-refractivity contribution in [1.29, 1.82) is 0 Å². The Morgan fingerprint density at radius 3 is 2.21 bits per heavy atom. The number of piperazine rings is 1. The SMILES string of the molecule is COc1ccccc1N1CCN(c2ccc(C(F)(F)F)cn2)CC1. The fraction of sp³-hybridized carbons (Fsp3) is 0.353. The molecule has 0 amide bonds. The van der Waals surface area contributed by atoms with Gasteiger partial charge in [-0.2, -0.15) is 13.2 Å². The number of halogens is 3. The smallest absolute Gasteiger partial charge is 0.417 e. The minimum absolute atomic E-state index is 0.572. The van der Waals surface area contributed by atoms with Crippen LogP contribution in [0.2, 0.25) is 0 Å². The van der Waals surface area contributed by atoms with Gasteiger partial charge in [0.15, 0.2) is 0 Å². The Morgan fingerprint density at radius 1 is 0.958 bits per heavy atom. The van der Waals surface area contributed by atoms with E-state index in [0.717, 1.165) is 36.8 Å². The highest BCUT2D eigenvalue weighted by Gasteiger charge is 2.31. The predicted octanol–water partition coefficient (Wildman–Crippen LogP) is 3.44. The molecule has 0 N–H and O–H groups in total. The van der Waals surface area contributed by atoms with Gasteiger partial charge in [0.25, 0.3) is 0 Å². The Morgan fingerprint density at radius 2 is 1.62 bits per heavy atom. The molecule has 0 spiro atoms. The fourth-order valence-corrected chi connectivity index (χ4v) is 2.81. The second kappa shape index (κ2) is 6.59. The van der Waals surface area contributed by atoms with E-state index in [-0.39, 0.29) is 0 Å². The number of ether oxygens (including phenoxy) is 1. The molecule has 2 aromatic rings. The molecule has 1 fully saturated rings. The molecule has 1 saturated heterocycles. The summed E-state index contributed by atoms with van der Waals surface area (Å²) < 4.78 is 43.2. The van der Waals surface area contributed by atoms with Crippen molar-refractivity contribution in [1.82, 2.24) is 4.98 Å². The summed E-state index contributed by atoms with van der Waals surface area (Å²) in [5, 5.41) is 0. The van der Waals surface area contributed by atoms with Crippen molar-refractivity contribution in [3.63, 3.8) is 0 Å². The quantitative estimate of drug-likeness (QED) is 0.858. The third kappa shape index (κ3) is 3.39. The minimum Gasteiger partial charge on any atom is -0.495 e. The van der Waals surface area contributed by atoms with Gasteiger partial charge in [-0.15, -0.1) is 0 Å². The number of anilines is 2. The van der Waals surface area contributed by atoms with E-state index in [0.29, 0.717) is 18.9 Å². The molecule has 0 bridgehead atoms. The molecule has 1 aromatic carbocycles. The number of aromatic nitrogens is 1. The van der Waals surface area contributed by atoms with Crippen molar-refractivity contribution in [2.75, 3.05) is 43.1 Å². The highest BCUT2D eigenvalue weighted by Crippen LogP contribution is 2.31. The van der Waals surface area contributed by atoms with E-state index in [9.17, 15) is 13.2 Å². The Bertz CT molecular complexity index is 680. The maximum absolute atomic E-state index is 12.6. The van der Waals surface area contributed by atoms with E-state index < -0.39 is 11.7 Å². The van der Waals surface area contributed by atoms with Crippen molar-refractivity contribution >= 4 is 11.5 Å². The summed E-state index contributed by atoms with van der Waals surface area (Å²) in [4.78, 5) is 8.16. The first-order valence-electron chi connectivity index (χ1n) is 7.65. The number of pyridine rings is 1. The summed E-state index contributed by atoms with van der Waals surface area (Å²) in [6.45, 7) is 2.89. The topological polar surface area (TPSA) is 28.6 Å². The number of nitrogens with zero attached hydrogens (tertiary/aromatic N) is 3. The van der Waals surface area contributed by atoms with E-state index >= 15 is 0 Å². The molecule has 0 aliphatic carbocycles. The van der Waals surface area contributed by atoms with Crippen LogP contribution in [0.5, 0.6) is 5.75 Å². The maximum atomic E-state index is 12.6. The van der Waals surface area contributed by atoms with E-state index in [1.807, 2.05) is 29.2 Å². The van der Waals surface area contributed by atoms with Crippen LogP contribution in [0.15, 0.2) is 42.6 Å². The third-order valence-corrected chi connectivity index (χ3v) is 4.10. The van der Waals surface area contributed by atoms with E-state index in [2.05, 4.69) is 9.88 Å². The highest BCUT2D eigenvalue weighted by atomic mass is 19.4. The average Bonchev–Trinajstić information content (AvgIpc) is 2.61. The van der Waals surface area contributed by atoms with Gasteiger partial charge in [-0.05, 0) is 24.3 Å². The number of methoxy groups -OCH3 is 1. The van der Waals surface area contributed by atoms with Gasteiger partial charge in [-0.1, -0.05) is 12.1 Å². The fourth-order valence-electron chi connectivity index (χ4n) is 2.81. The van der Waals surface area contributed by atoms with Crippen molar-refractivity contribution in [3.05, 3.63) is 48.2 Å². The van der Waals surface area contributed by atoms with E-state index in [1.165, 1.54) is 6.07 Å². The lowest BCUT2D eigenvalue weighted by atomic mass is 10.2. The Kier molecular flexibility index (Phi) is 4.51. The number of hydrogen-bond donors (Lipinski definition) is 0. The van der Waals surface area contributed by atoms with Crippen LogP contribution in [0.4, 0.5) is 24.7 Å². The first-order valence-corrected chi connectivity index (χ1v) is 7.65. The van der Waals surface area contributed by atoms with E-state index in [4.69, 9.17) is 4.74 Å². The zero-order valence-corrected chi connectivity index (χ0v) is 13.3. The van der Waals surface area contributed by atoms with Crippen LogP contribution in [0, 0.1) is 0 Å². The summed E-state index contributed by atoms with van der Waals surface area (Å²) in [7, 11) is 1.64. The highest BCUT2D eigenvalue weighted by molar-refractivity contribution is 5.59. The summed E-state index contributed by atoms with van der Waals surface area (Å²) in [5.41, 5.74) is 0.305. The number of hydrogen-bond acceptors (Lipinski definition) is 4. The van der Waals surface area contributed by atoms with Gasteiger partial charge < -0.3 is 14.5 Å². The first-order chi connectivity index (χ1) is 11.5. The summed E-state index contributed by atoms with van der Waals surface area (Å²) in [6.07, 6.45) is -3.46. The monoisotopic (exact) mass is 337 g/mol. The Labute approximate surface area is 138 Å². The molecule has 1 aromatic heterocycles. The van der Waals surface area contributed by atoms with Crippen molar-refractivity contribution in [2.24, 2.45) is 0 Å². The van der Waals surface area contributed by atoms with E-state index in [1.54, 1.807) is 7.11 Å². The van der Waals surface area contributed by atoms with Crippen LogP contribution in [0.25, 0.3) is 0 Å². The summed E-state index contributed by atoms with van der Waals surface area (Å²) >= 11 is 0. The molecule has 1 aliphatic heterocycles. The molecule has 0 saturated carbocycles. The van der Waals surface area contributed by atoms with Crippen molar-refractivity contribution in [3.8, 4) is 5.75 Å². The lowest BCUT2D eigenvalue weighted by molar-refractivity contribution is -0.137. The lowest BCUT2D eigenvalue weighted by Crippen LogP contribution is -2.47. The van der Waals surface area contributed by atoms with Crippen LogP contribution < -0.4 is 14.5 Å². The second-order valence-corrected chi connectivity index (χ2v) is 5.55. The standard InChI is InChI=1S/C17H18F3N3O/c1-24-15-5-3-2-4-14(15)22-8-10-23(11-9-22)16-7-6-13(12-21-16)17(18,19)20/h2-7,12H,8-11H2,1H3. The average molecular weight is 337 g/mol. The third-order valence-electron chi connectivity index (χ3n) is 4.10. The van der Waals surface area contributed by atoms with Crippen LogP contribution in [0.3, 0.4) is 0 Å². The van der Waals surface area contributed by atoms with Gasteiger partial charge in [0.2, 0.25) is 0 Å². The Hall–Kier alpha value is -2.44. The van der Waals surface area contributed by atoms with Crippen LogP contribution in [-0.4, -0.2) is 38.3 Å². The number of alkyl halides is 3. The molecule has 0 unspecified atom stereocenters. The van der Waals surface area contributed by atoms with Gasteiger partial charge >= 0.3 is 6.18 Å². The van der Waals surface area contributed by atoms with Gasteiger partial charge in [0.05, 0.1) is 18.4 Å². The summed E-state index contributed by atoms with van der Waals surface area (Å²) in [6, 6.07) is 10.3. The molecule has 0 atom stereocenters. The lowest BCUT2D eigenvalue weighted by Gasteiger charge is -2.37. The van der Waals surface area contributed by atoms with Gasteiger partial charge in [-0.3, -0.25) is 0 Å². The molecule has 4 nitrogen and oxygen atoms in total. The normalized spacial score (nSPS) is 15.5. The van der Waals surface area contributed by atoms with Gasteiger partial charge in [-0.25, -0.2) is 4.98 Å². The maximum Gasteiger partial charge on any atom is 0.417 e. The van der Waals surface area contributed by atoms with Crippen molar-refractivity contribution < 1.29 is 17.9 Å². The summed E-state index contributed by atoms with van der Waals surface area (Å²) in [5.74, 6) is 1.39. The largest absolute Gasteiger partial charge is 0.495 e. The van der Waals surface area contributed by atoms with Crippen LogP contribution >= 0.6 is 0 Å². The van der Waals surface area contributed by atoms with Gasteiger partial charge in [0, 0.05) is 32.4 Å². The Balaban J connectivity index is 1.67. The van der Waals surface area contributed by atoms with Crippen LogP contribution in [-0.2, 0) is 6.18 Å². The van der Waals surface area contributed by atoms with Crippen LogP contribution in [0.1, 0.15) is 5.56 Å². The van der Waals surface area contributed by atoms with Crippen molar-refractivity contribution in [2.45, 2.75) is 6.18 Å². The molecular weight excluding hydrogens is 319 g/mol. The minimum atomic E-state index is -4.35. The molecule has 7 heteroatoms. The molecule has 0 radical (unpaired) electrons. The second-order valence-electron chi connectivity index (χ2n) is 5.55. The molecular formula is C17H18F3N3O. The molecule has 128 valence electrons.